The molecule has 0 atom stereocenters. The van der Waals surface area contributed by atoms with Crippen molar-refractivity contribution in [1.29, 1.82) is 0 Å². The van der Waals surface area contributed by atoms with E-state index in [4.69, 9.17) is 33.2 Å². The van der Waals surface area contributed by atoms with E-state index in [-0.39, 0.29) is 0 Å². The van der Waals surface area contributed by atoms with E-state index in [0.717, 1.165) is 66.7 Å². The molecule has 0 amide bonds. The summed E-state index contributed by atoms with van der Waals surface area (Å²) in [5.74, 6) is 0.910. The Morgan fingerprint density at radius 2 is 1.73 bits per heavy atom. The minimum atomic E-state index is 0.510. The third-order valence-corrected chi connectivity index (χ3v) is 5.56. The molecule has 1 aromatic carbocycles. The molecule has 4 rings (SSSR count). The van der Waals surface area contributed by atoms with Gasteiger partial charge in [0.2, 0.25) is 0 Å². The summed E-state index contributed by atoms with van der Waals surface area (Å²) in [4.78, 5) is 14.4. The predicted octanol–water partition coefficient (Wildman–Crippen LogP) is 4.58. The highest BCUT2D eigenvalue weighted by molar-refractivity contribution is 6.44. The molecule has 2 bridgehead atoms. The summed E-state index contributed by atoms with van der Waals surface area (Å²) in [6.45, 7) is 7.89. The fourth-order valence-electron chi connectivity index (χ4n) is 3.35. The summed E-state index contributed by atoms with van der Waals surface area (Å²) in [7, 11) is 2.14. The van der Waals surface area contributed by atoms with Crippen LogP contribution in [0.1, 0.15) is 12.0 Å². The van der Waals surface area contributed by atoms with Gasteiger partial charge in [-0.15, -0.1) is 0 Å². The monoisotopic (exact) mass is 386 g/mol. The van der Waals surface area contributed by atoms with Crippen molar-refractivity contribution in [3.8, 4) is 0 Å². The number of allylic oxidation sites excluding steroid dienone is 3. The fourth-order valence-corrected chi connectivity index (χ4v) is 3.68. The number of amidine groups is 1. The second-order valence-electron chi connectivity index (χ2n) is 6.83. The van der Waals surface area contributed by atoms with E-state index in [9.17, 15) is 0 Å². The molecule has 0 unspecified atom stereocenters. The third-order valence-electron chi connectivity index (χ3n) is 4.84. The lowest BCUT2D eigenvalue weighted by molar-refractivity contribution is 0.217. The number of rotatable bonds is 0. The zero-order chi connectivity index (χ0) is 18.3. The first-order valence-electron chi connectivity index (χ1n) is 8.66. The number of hydrogen-bond donors (Lipinski definition) is 0. The third kappa shape index (κ3) is 3.50. The van der Waals surface area contributed by atoms with Gasteiger partial charge in [0.1, 0.15) is 0 Å². The molecular formula is C20H20Cl2N4. The second kappa shape index (κ2) is 7.03. The maximum absolute atomic E-state index is 6.27. The van der Waals surface area contributed by atoms with Gasteiger partial charge in [0.05, 0.1) is 27.1 Å². The Morgan fingerprint density at radius 1 is 1.00 bits per heavy atom. The lowest BCUT2D eigenvalue weighted by atomic mass is 10.0. The van der Waals surface area contributed by atoms with Gasteiger partial charge in [-0.3, -0.25) is 0 Å². The van der Waals surface area contributed by atoms with Crippen molar-refractivity contribution >= 4 is 46.5 Å². The van der Waals surface area contributed by atoms with Crippen LogP contribution >= 0.6 is 23.2 Å². The maximum Gasteiger partial charge on any atom is 0.151 e. The maximum atomic E-state index is 6.27. The number of fused-ring (bicyclic) bond motifs is 3. The Hall–Kier alpha value is -1.88. The highest BCUT2D eigenvalue weighted by Crippen LogP contribution is 2.35. The van der Waals surface area contributed by atoms with Crippen molar-refractivity contribution in [1.82, 2.24) is 9.80 Å². The number of likely N-dealkylation sites (N-methyl/N-ethyl adjacent to an activating group) is 1. The average molecular weight is 387 g/mol. The average Bonchev–Trinajstić information content (AvgIpc) is 2.79. The number of halogens is 2. The Morgan fingerprint density at radius 3 is 2.50 bits per heavy atom. The zero-order valence-corrected chi connectivity index (χ0v) is 16.2. The number of aliphatic imine (C=N–C) groups is 2. The van der Waals surface area contributed by atoms with E-state index < -0.39 is 0 Å². The lowest BCUT2D eigenvalue weighted by Crippen LogP contribution is -2.49. The molecule has 26 heavy (non-hydrogen) atoms. The van der Waals surface area contributed by atoms with E-state index in [0.29, 0.717) is 10.0 Å². The molecule has 3 heterocycles. The summed E-state index contributed by atoms with van der Waals surface area (Å²) in [5.41, 5.74) is 4.64. The number of nitrogens with zero attached hydrogens (tertiary/aromatic N) is 4. The molecule has 1 saturated heterocycles. The van der Waals surface area contributed by atoms with Crippen LogP contribution in [-0.2, 0) is 0 Å². The first-order valence-corrected chi connectivity index (χ1v) is 9.42. The number of hydrogen-bond acceptors (Lipinski definition) is 4. The van der Waals surface area contributed by atoms with Crippen LogP contribution in [0.4, 0.5) is 5.69 Å². The molecule has 0 spiro atoms. The van der Waals surface area contributed by atoms with Crippen molar-refractivity contribution in [2.75, 3.05) is 33.2 Å². The minimum Gasteiger partial charge on any atom is -0.353 e. The van der Waals surface area contributed by atoms with Gasteiger partial charge in [-0.25, -0.2) is 9.98 Å². The molecule has 0 saturated carbocycles. The van der Waals surface area contributed by atoms with Gasteiger partial charge in [-0.2, -0.15) is 0 Å². The van der Waals surface area contributed by atoms with Crippen molar-refractivity contribution in [3.05, 3.63) is 57.7 Å². The van der Waals surface area contributed by atoms with Crippen LogP contribution in [0.15, 0.2) is 52.1 Å². The Kier molecular flexibility index (Phi) is 4.74. The van der Waals surface area contributed by atoms with E-state index in [2.05, 4.69) is 35.6 Å². The van der Waals surface area contributed by atoms with Crippen LogP contribution in [0, 0.1) is 0 Å². The van der Waals surface area contributed by atoms with Crippen LogP contribution in [0.2, 0.25) is 10.0 Å². The van der Waals surface area contributed by atoms with Gasteiger partial charge in [-0.05, 0) is 36.9 Å². The Bertz CT molecular complexity index is 887. The first-order chi connectivity index (χ1) is 12.5. The molecule has 1 aromatic rings. The quantitative estimate of drug-likeness (QED) is 0.653. The molecule has 0 aromatic heterocycles. The summed E-state index contributed by atoms with van der Waals surface area (Å²) in [6.07, 6.45) is 6.84. The van der Waals surface area contributed by atoms with Gasteiger partial charge in [0, 0.05) is 38.2 Å². The molecular weight excluding hydrogens is 367 g/mol. The molecule has 134 valence electrons. The highest BCUT2D eigenvalue weighted by atomic mass is 35.5. The van der Waals surface area contributed by atoms with E-state index in [1.54, 1.807) is 0 Å². The van der Waals surface area contributed by atoms with Crippen molar-refractivity contribution < 1.29 is 0 Å². The fraction of sp³-hybridized carbons (Fsp3) is 0.300. The molecule has 6 heteroatoms. The molecule has 3 aliphatic rings. The molecule has 0 N–H and O–H groups in total. The Balaban J connectivity index is 1.88. The number of piperazine rings is 1. The molecule has 1 fully saturated rings. The van der Waals surface area contributed by atoms with E-state index in [1.165, 1.54) is 0 Å². The van der Waals surface area contributed by atoms with Gasteiger partial charge >= 0.3 is 0 Å². The van der Waals surface area contributed by atoms with Crippen molar-refractivity contribution in [2.45, 2.75) is 6.42 Å². The smallest absolute Gasteiger partial charge is 0.151 e. The largest absolute Gasteiger partial charge is 0.353 e. The van der Waals surface area contributed by atoms with Crippen molar-refractivity contribution in [3.63, 3.8) is 0 Å². The summed E-state index contributed by atoms with van der Waals surface area (Å²) < 4.78 is 0. The normalized spacial score (nSPS) is 20.5. The molecule has 0 aliphatic carbocycles. The van der Waals surface area contributed by atoms with Gasteiger partial charge in [0.15, 0.2) is 5.84 Å². The van der Waals surface area contributed by atoms with Gasteiger partial charge < -0.3 is 9.80 Å². The zero-order valence-electron chi connectivity index (χ0n) is 14.7. The lowest BCUT2D eigenvalue weighted by Gasteiger charge is -2.35. The standard InChI is InChI=1S/C20H20Cl2N4/c1-13-3-4-14-9-15-11-16(21)17(22)12-18(15)24-20(19(10-14)23-13)26-7-5-25(2)6-8-26/h3-4,9,11-12H,1,5-8,10H2,2H3. The minimum absolute atomic E-state index is 0.510. The van der Waals surface area contributed by atoms with Crippen LogP contribution < -0.4 is 0 Å². The van der Waals surface area contributed by atoms with Gasteiger partial charge in [0.25, 0.3) is 0 Å². The number of benzene rings is 1. The van der Waals surface area contributed by atoms with E-state index in [1.807, 2.05) is 18.2 Å². The van der Waals surface area contributed by atoms with Crippen LogP contribution in [0.3, 0.4) is 0 Å². The Labute approximate surface area is 163 Å². The molecule has 3 aliphatic heterocycles. The second-order valence-corrected chi connectivity index (χ2v) is 7.64. The van der Waals surface area contributed by atoms with E-state index >= 15 is 0 Å². The van der Waals surface area contributed by atoms with Crippen molar-refractivity contribution in [2.24, 2.45) is 9.98 Å². The summed E-state index contributed by atoms with van der Waals surface area (Å²) in [6, 6.07) is 3.72. The van der Waals surface area contributed by atoms with Gasteiger partial charge in [-0.1, -0.05) is 35.9 Å². The molecule has 4 nitrogen and oxygen atoms in total. The van der Waals surface area contributed by atoms with Crippen LogP contribution in [-0.4, -0.2) is 54.6 Å². The van der Waals surface area contributed by atoms with Crippen LogP contribution in [0.5, 0.6) is 0 Å². The molecule has 0 radical (unpaired) electrons. The van der Waals surface area contributed by atoms with Crippen LogP contribution in [0.25, 0.3) is 6.08 Å². The first kappa shape index (κ1) is 17.5. The summed E-state index contributed by atoms with van der Waals surface area (Å²) in [5, 5.41) is 1.05. The predicted molar refractivity (Wildman–Crippen MR) is 111 cm³/mol. The SMILES string of the molecule is C=C1C=CC2=Cc3cc(Cl)c(Cl)cc3N=C(N3CCN(C)CC3)C(=N1)C2. The topological polar surface area (TPSA) is 31.2 Å². The highest BCUT2D eigenvalue weighted by Gasteiger charge is 2.25. The summed E-state index contributed by atoms with van der Waals surface area (Å²) >= 11 is 12.5.